The quantitative estimate of drug-likeness (QED) is 0.796. The molecule has 6 heteroatoms. The van der Waals surface area contributed by atoms with E-state index in [0.29, 0.717) is 12.1 Å². The van der Waals surface area contributed by atoms with Crippen LogP contribution in [0.25, 0.3) is 0 Å². The summed E-state index contributed by atoms with van der Waals surface area (Å²) in [5.74, 6) is -0.0340. The van der Waals surface area contributed by atoms with E-state index in [-0.39, 0.29) is 5.91 Å². The van der Waals surface area contributed by atoms with E-state index >= 15 is 0 Å². The van der Waals surface area contributed by atoms with Crippen molar-refractivity contribution in [2.75, 3.05) is 7.05 Å². The van der Waals surface area contributed by atoms with Crippen molar-refractivity contribution in [1.29, 1.82) is 0 Å². The summed E-state index contributed by atoms with van der Waals surface area (Å²) < 4.78 is 1.88. The summed E-state index contributed by atoms with van der Waals surface area (Å²) in [6.07, 6.45) is 3.24. The number of nitrogens with zero attached hydrogens (tertiary/aromatic N) is 2. The van der Waals surface area contributed by atoms with Crippen LogP contribution in [0.1, 0.15) is 15.2 Å². The third kappa shape index (κ3) is 3.40. The molecule has 1 amide bonds. The van der Waals surface area contributed by atoms with Crippen molar-refractivity contribution in [1.82, 2.24) is 9.88 Å². The number of hydrogen-bond acceptors (Lipinski definition) is 3. The zero-order valence-corrected chi connectivity index (χ0v) is 13.5. The first-order valence-electron chi connectivity index (χ1n) is 5.16. The molecule has 18 heavy (non-hydrogen) atoms. The predicted octanol–water partition coefficient (Wildman–Crippen LogP) is 3.94. The SMILES string of the molecule is CN(Cc1ccc(Br)s1)C(=O)c1cncc(Br)c1. The van der Waals surface area contributed by atoms with Crippen molar-refractivity contribution in [2.45, 2.75) is 6.54 Å². The van der Waals surface area contributed by atoms with E-state index in [1.54, 1.807) is 41.7 Å². The smallest absolute Gasteiger partial charge is 0.255 e. The summed E-state index contributed by atoms with van der Waals surface area (Å²) in [6, 6.07) is 5.77. The molecule has 3 nitrogen and oxygen atoms in total. The van der Waals surface area contributed by atoms with Gasteiger partial charge in [0.25, 0.3) is 5.91 Å². The van der Waals surface area contributed by atoms with Crippen molar-refractivity contribution >= 4 is 49.1 Å². The fraction of sp³-hybridized carbons (Fsp3) is 0.167. The molecule has 0 aliphatic rings. The highest BCUT2D eigenvalue weighted by Gasteiger charge is 2.13. The van der Waals surface area contributed by atoms with E-state index in [1.807, 2.05) is 12.1 Å². The van der Waals surface area contributed by atoms with Gasteiger partial charge in [0.05, 0.1) is 15.9 Å². The molecule has 0 saturated carbocycles. The molecule has 0 fully saturated rings. The van der Waals surface area contributed by atoms with Crippen molar-refractivity contribution in [3.8, 4) is 0 Å². The zero-order chi connectivity index (χ0) is 13.1. The average Bonchev–Trinajstić information content (AvgIpc) is 2.73. The lowest BCUT2D eigenvalue weighted by Gasteiger charge is -2.16. The summed E-state index contributed by atoms with van der Waals surface area (Å²) in [4.78, 5) is 19.0. The van der Waals surface area contributed by atoms with Gasteiger partial charge in [0.2, 0.25) is 0 Å². The Morgan fingerprint density at radius 2 is 2.17 bits per heavy atom. The van der Waals surface area contributed by atoms with Gasteiger partial charge >= 0.3 is 0 Å². The topological polar surface area (TPSA) is 33.2 Å². The standard InChI is InChI=1S/C12H10Br2N2OS/c1-16(7-10-2-3-11(14)18-10)12(17)8-4-9(13)6-15-5-8/h2-6H,7H2,1H3. The predicted molar refractivity (Wildman–Crippen MR) is 79.8 cm³/mol. The lowest BCUT2D eigenvalue weighted by atomic mass is 10.2. The fourth-order valence-corrected chi connectivity index (χ4v) is 3.39. The molecule has 2 aromatic heterocycles. The highest BCUT2D eigenvalue weighted by molar-refractivity contribution is 9.11. The van der Waals surface area contributed by atoms with Gasteiger partial charge in [-0.2, -0.15) is 0 Å². The van der Waals surface area contributed by atoms with Crippen LogP contribution >= 0.6 is 43.2 Å². The molecule has 0 atom stereocenters. The van der Waals surface area contributed by atoms with Crippen LogP contribution in [0.3, 0.4) is 0 Å². The minimum absolute atomic E-state index is 0.0340. The normalized spacial score (nSPS) is 10.4. The second-order valence-electron chi connectivity index (χ2n) is 3.76. The highest BCUT2D eigenvalue weighted by atomic mass is 79.9. The van der Waals surface area contributed by atoms with Gasteiger partial charge in [-0.15, -0.1) is 11.3 Å². The third-order valence-corrected chi connectivity index (χ3v) is 4.36. The number of hydrogen-bond donors (Lipinski definition) is 0. The number of thiophene rings is 1. The molecule has 2 heterocycles. The largest absolute Gasteiger partial charge is 0.337 e. The molecule has 0 aromatic carbocycles. The van der Waals surface area contributed by atoms with E-state index in [4.69, 9.17) is 0 Å². The summed E-state index contributed by atoms with van der Waals surface area (Å²) in [7, 11) is 1.79. The molecular weight excluding hydrogens is 380 g/mol. The van der Waals surface area contributed by atoms with Crippen molar-refractivity contribution < 1.29 is 4.79 Å². The van der Waals surface area contributed by atoms with Gasteiger partial charge < -0.3 is 4.90 Å². The van der Waals surface area contributed by atoms with Crippen LogP contribution in [-0.2, 0) is 6.54 Å². The lowest BCUT2D eigenvalue weighted by molar-refractivity contribution is 0.0786. The number of pyridine rings is 1. The molecule has 2 rings (SSSR count). The third-order valence-electron chi connectivity index (χ3n) is 2.32. The summed E-state index contributed by atoms with van der Waals surface area (Å²) in [5, 5.41) is 0. The van der Waals surface area contributed by atoms with E-state index in [1.165, 1.54) is 0 Å². The number of rotatable bonds is 3. The van der Waals surface area contributed by atoms with Crippen LogP contribution in [0.4, 0.5) is 0 Å². The minimum Gasteiger partial charge on any atom is -0.337 e. The van der Waals surface area contributed by atoms with E-state index < -0.39 is 0 Å². The molecule has 0 spiro atoms. The second-order valence-corrected chi connectivity index (χ2v) is 7.22. The van der Waals surface area contributed by atoms with Crippen LogP contribution in [0.15, 0.2) is 38.9 Å². The van der Waals surface area contributed by atoms with Crippen LogP contribution in [0.2, 0.25) is 0 Å². The number of carbonyl (C=O) groups is 1. The van der Waals surface area contributed by atoms with Crippen LogP contribution < -0.4 is 0 Å². The number of carbonyl (C=O) groups excluding carboxylic acids is 1. The first-order valence-corrected chi connectivity index (χ1v) is 7.57. The minimum atomic E-state index is -0.0340. The lowest BCUT2D eigenvalue weighted by Crippen LogP contribution is -2.25. The number of amides is 1. The molecule has 0 saturated heterocycles. The van der Waals surface area contributed by atoms with Gasteiger partial charge in [-0.3, -0.25) is 9.78 Å². The summed E-state index contributed by atoms with van der Waals surface area (Å²) in [6.45, 7) is 0.599. The maximum absolute atomic E-state index is 12.2. The molecule has 0 aliphatic carbocycles. The first-order chi connectivity index (χ1) is 8.56. The number of halogens is 2. The summed E-state index contributed by atoms with van der Waals surface area (Å²) >= 11 is 8.35. The Morgan fingerprint density at radius 1 is 1.39 bits per heavy atom. The Labute approximate surface area is 126 Å². The van der Waals surface area contributed by atoms with Crippen molar-refractivity contribution in [3.05, 3.63) is 49.3 Å². The van der Waals surface area contributed by atoms with Gasteiger partial charge in [0.15, 0.2) is 0 Å². The van der Waals surface area contributed by atoms with Crippen LogP contribution in [0.5, 0.6) is 0 Å². The Morgan fingerprint density at radius 3 is 2.78 bits per heavy atom. The molecule has 0 bridgehead atoms. The molecule has 94 valence electrons. The fourth-order valence-electron chi connectivity index (χ4n) is 1.49. The van der Waals surface area contributed by atoms with Gasteiger partial charge in [-0.1, -0.05) is 0 Å². The van der Waals surface area contributed by atoms with Crippen LogP contribution in [0, 0.1) is 0 Å². The Kier molecular flexibility index (Phi) is 4.53. The van der Waals surface area contributed by atoms with Crippen LogP contribution in [-0.4, -0.2) is 22.8 Å². The van der Waals surface area contributed by atoms with E-state index in [2.05, 4.69) is 36.8 Å². The van der Waals surface area contributed by atoms with Gasteiger partial charge in [0.1, 0.15) is 0 Å². The van der Waals surface area contributed by atoms with Gasteiger partial charge in [-0.05, 0) is 50.1 Å². The molecular formula is C12H10Br2N2OS. The maximum atomic E-state index is 12.2. The van der Waals surface area contributed by atoms with E-state index in [9.17, 15) is 4.79 Å². The Bertz CT molecular complexity index is 571. The second kappa shape index (κ2) is 5.95. The van der Waals surface area contributed by atoms with Gasteiger partial charge in [0, 0.05) is 28.8 Å². The zero-order valence-electron chi connectivity index (χ0n) is 9.56. The molecule has 0 unspecified atom stereocenters. The molecule has 0 radical (unpaired) electrons. The van der Waals surface area contributed by atoms with E-state index in [0.717, 1.165) is 13.1 Å². The van der Waals surface area contributed by atoms with Gasteiger partial charge in [-0.25, -0.2) is 0 Å². The molecule has 2 aromatic rings. The van der Waals surface area contributed by atoms with Crippen molar-refractivity contribution in [3.63, 3.8) is 0 Å². The number of aromatic nitrogens is 1. The Balaban J connectivity index is 2.09. The summed E-state index contributed by atoms with van der Waals surface area (Å²) in [5.41, 5.74) is 0.586. The Hall–Kier alpha value is -0.720. The monoisotopic (exact) mass is 388 g/mol. The van der Waals surface area contributed by atoms with Crippen molar-refractivity contribution in [2.24, 2.45) is 0 Å². The average molecular weight is 390 g/mol. The maximum Gasteiger partial charge on any atom is 0.255 e. The first kappa shape index (κ1) is 13.7. The molecule has 0 aliphatic heterocycles. The highest BCUT2D eigenvalue weighted by Crippen LogP contribution is 2.23. The molecule has 0 N–H and O–H groups in total.